The average Bonchev–Trinajstić information content (AvgIpc) is 3.00. The van der Waals surface area contributed by atoms with Crippen molar-refractivity contribution in [2.24, 2.45) is 0 Å². The highest BCUT2D eigenvalue weighted by atomic mass is 16.6. The quantitative estimate of drug-likeness (QED) is 0.510. The normalized spacial score (nSPS) is 14.2. The van der Waals surface area contributed by atoms with Gasteiger partial charge >= 0.3 is 0 Å². The summed E-state index contributed by atoms with van der Waals surface area (Å²) in [4.78, 5) is 15.0. The van der Waals surface area contributed by atoms with Gasteiger partial charge in [0.05, 0.1) is 16.0 Å². The first-order chi connectivity index (χ1) is 10.3. The number of fused-ring (bicyclic) bond motifs is 1. The number of nitro benzene ring substituents is 1. The van der Waals surface area contributed by atoms with Crippen LogP contribution in [0.15, 0.2) is 42.1 Å². The van der Waals surface area contributed by atoms with Crippen LogP contribution < -0.4 is 5.32 Å². The summed E-state index contributed by atoms with van der Waals surface area (Å²) in [5.41, 5.74) is 3.12. The minimum atomic E-state index is -0.364. The minimum absolute atomic E-state index is 0.0992. The van der Waals surface area contributed by atoms with Crippen LogP contribution in [0.3, 0.4) is 0 Å². The number of pyridine rings is 1. The molecule has 0 spiro atoms. The van der Waals surface area contributed by atoms with Crippen molar-refractivity contribution >= 4 is 22.3 Å². The monoisotopic (exact) mass is 283 g/mol. The Kier molecular flexibility index (Phi) is 3.81. The predicted octanol–water partition coefficient (Wildman–Crippen LogP) is 4.06. The number of allylic oxidation sites excluding steroid dienone is 1. The lowest BCUT2D eigenvalue weighted by Crippen LogP contribution is -2.04. The number of hydrogen-bond donors (Lipinski definition) is 1. The molecule has 0 saturated heterocycles. The summed E-state index contributed by atoms with van der Waals surface area (Å²) in [6.07, 6.45) is 8.64. The van der Waals surface area contributed by atoms with Gasteiger partial charge in [0.25, 0.3) is 5.69 Å². The van der Waals surface area contributed by atoms with Gasteiger partial charge in [0.2, 0.25) is 0 Å². The Morgan fingerprint density at radius 3 is 3.00 bits per heavy atom. The van der Waals surface area contributed by atoms with E-state index in [1.54, 1.807) is 30.5 Å². The van der Waals surface area contributed by atoms with Crippen molar-refractivity contribution < 1.29 is 4.92 Å². The molecule has 108 valence electrons. The van der Waals surface area contributed by atoms with Crippen LogP contribution in [0, 0.1) is 10.1 Å². The molecule has 0 aliphatic heterocycles. The molecule has 2 aromatic rings. The standard InChI is InChI=1S/C16H17N3O2/c20-19(21)15-8-7-14(16-13(15)6-3-10-18-16)17-11-9-12-4-1-2-5-12/h3-4,6-8,10,17H,1-2,5,9,11H2. The Labute approximate surface area is 122 Å². The van der Waals surface area contributed by atoms with E-state index in [2.05, 4.69) is 16.4 Å². The summed E-state index contributed by atoms with van der Waals surface area (Å²) in [7, 11) is 0. The fraction of sp³-hybridized carbons (Fsp3) is 0.312. The molecule has 0 saturated carbocycles. The highest BCUT2D eigenvalue weighted by Gasteiger charge is 2.14. The number of nitro groups is 1. The molecule has 1 aliphatic carbocycles. The van der Waals surface area contributed by atoms with Gasteiger partial charge in [-0.2, -0.15) is 0 Å². The molecule has 0 amide bonds. The molecule has 0 atom stereocenters. The van der Waals surface area contributed by atoms with Crippen LogP contribution in [0.5, 0.6) is 0 Å². The van der Waals surface area contributed by atoms with E-state index in [9.17, 15) is 10.1 Å². The van der Waals surface area contributed by atoms with Gasteiger partial charge in [0, 0.05) is 18.8 Å². The molecular weight excluding hydrogens is 266 g/mol. The molecule has 0 radical (unpaired) electrons. The van der Waals surface area contributed by atoms with E-state index in [0.717, 1.165) is 18.7 Å². The molecule has 5 nitrogen and oxygen atoms in total. The molecule has 1 aromatic carbocycles. The van der Waals surface area contributed by atoms with Gasteiger partial charge in [-0.1, -0.05) is 11.6 Å². The van der Waals surface area contributed by atoms with E-state index in [0.29, 0.717) is 10.9 Å². The maximum absolute atomic E-state index is 11.1. The summed E-state index contributed by atoms with van der Waals surface area (Å²) < 4.78 is 0. The molecule has 1 aliphatic rings. The fourth-order valence-corrected chi connectivity index (χ4v) is 2.78. The van der Waals surface area contributed by atoms with E-state index < -0.39 is 0 Å². The van der Waals surface area contributed by atoms with E-state index in [1.165, 1.54) is 24.8 Å². The zero-order valence-electron chi connectivity index (χ0n) is 11.7. The maximum Gasteiger partial charge on any atom is 0.278 e. The first-order valence-corrected chi connectivity index (χ1v) is 7.19. The van der Waals surface area contributed by atoms with Crippen LogP contribution in [0.1, 0.15) is 25.7 Å². The molecule has 0 bridgehead atoms. The number of nitrogens with one attached hydrogen (secondary N) is 1. The van der Waals surface area contributed by atoms with E-state index in [4.69, 9.17) is 0 Å². The van der Waals surface area contributed by atoms with Crippen molar-refractivity contribution in [1.82, 2.24) is 4.98 Å². The van der Waals surface area contributed by atoms with Crippen LogP contribution in [-0.4, -0.2) is 16.5 Å². The first kappa shape index (κ1) is 13.5. The number of nitrogens with zero attached hydrogens (tertiary/aromatic N) is 2. The second kappa shape index (κ2) is 5.91. The van der Waals surface area contributed by atoms with E-state index in [-0.39, 0.29) is 10.6 Å². The number of hydrogen-bond acceptors (Lipinski definition) is 4. The summed E-state index contributed by atoms with van der Waals surface area (Å²) >= 11 is 0. The van der Waals surface area contributed by atoms with Gasteiger partial charge in [-0.15, -0.1) is 0 Å². The molecule has 21 heavy (non-hydrogen) atoms. The van der Waals surface area contributed by atoms with Crippen LogP contribution >= 0.6 is 0 Å². The third kappa shape index (κ3) is 2.86. The van der Waals surface area contributed by atoms with E-state index in [1.807, 2.05) is 0 Å². The number of rotatable bonds is 5. The molecule has 1 heterocycles. The molecule has 1 aromatic heterocycles. The summed E-state index contributed by atoms with van der Waals surface area (Å²) in [5.74, 6) is 0. The fourth-order valence-electron chi connectivity index (χ4n) is 2.78. The Balaban J connectivity index is 1.82. The minimum Gasteiger partial charge on any atom is -0.383 e. The van der Waals surface area contributed by atoms with Crippen molar-refractivity contribution in [2.75, 3.05) is 11.9 Å². The summed E-state index contributed by atoms with van der Waals surface area (Å²) in [5, 5.41) is 15.0. The molecule has 3 rings (SSSR count). The van der Waals surface area contributed by atoms with Crippen LogP contribution in [-0.2, 0) is 0 Å². The predicted molar refractivity (Wildman–Crippen MR) is 83.4 cm³/mol. The Morgan fingerprint density at radius 2 is 2.24 bits per heavy atom. The third-order valence-corrected chi connectivity index (χ3v) is 3.84. The number of non-ortho nitro benzene ring substituents is 1. The maximum atomic E-state index is 11.1. The molecule has 0 unspecified atom stereocenters. The Bertz CT molecular complexity index is 710. The van der Waals surface area contributed by atoms with Gasteiger partial charge < -0.3 is 5.32 Å². The van der Waals surface area contributed by atoms with Gasteiger partial charge in [-0.25, -0.2) is 0 Å². The third-order valence-electron chi connectivity index (χ3n) is 3.84. The highest BCUT2D eigenvalue weighted by Crippen LogP contribution is 2.30. The average molecular weight is 283 g/mol. The number of anilines is 1. The molecule has 0 fully saturated rings. The van der Waals surface area contributed by atoms with Crippen LogP contribution in [0.4, 0.5) is 11.4 Å². The SMILES string of the molecule is O=[N+]([O-])c1ccc(NCCC2=CCCC2)c2ncccc12. The van der Waals surface area contributed by atoms with Crippen molar-refractivity contribution in [1.29, 1.82) is 0 Å². The van der Waals surface area contributed by atoms with Gasteiger partial charge in [0.1, 0.15) is 5.52 Å². The largest absolute Gasteiger partial charge is 0.383 e. The Hall–Kier alpha value is -2.43. The number of benzene rings is 1. The lowest BCUT2D eigenvalue weighted by molar-refractivity contribution is -0.383. The highest BCUT2D eigenvalue weighted by molar-refractivity contribution is 5.96. The molecule has 5 heteroatoms. The topological polar surface area (TPSA) is 68.1 Å². The zero-order valence-corrected chi connectivity index (χ0v) is 11.7. The van der Waals surface area contributed by atoms with Crippen LogP contribution in [0.2, 0.25) is 0 Å². The molecular formula is C16H17N3O2. The molecule has 1 N–H and O–H groups in total. The van der Waals surface area contributed by atoms with Crippen molar-refractivity contribution in [3.05, 3.63) is 52.2 Å². The van der Waals surface area contributed by atoms with Gasteiger partial charge in [0.15, 0.2) is 0 Å². The van der Waals surface area contributed by atoms with E-state index >= 15 is 0 Å². The lowest BCUT2D eigenvalue weighted by Gasteiger charge is -2.09. The summed E-state index contributed by atoms with van der Waals surface area (Å²) in [6, 6.07) is 6.76. The van der Waals surface area contributed by atoms with Gasteiger partial charge in [-0.3, -0.25) is 15.1 Å². The summed E-state index contributed by atoms with van der Waals surface area (Å²) in [6.45, 7) is 0.829. The van der Waals surface area contributed by atoms with Gasteiger partial charge in [-0.05, 0) is 43.9 Å². The second-order valence-corrected chi connectivity index (χ2v) is 5.22. The lowest BCUT2D eigenvalue weighted by atomic mass is 10.1. The Morgan fingerprint density at radius 1 is 1.33 bits per heavy atom. The smallest absolute Gasteiger partial charge is 0.278 e. The first-order valence-electron chi connectivity index (χ1n) is 7.19. The number of aromatic nitrogens is 1. The van der Waals surface area contributed by atoms with Crippen molar-refractivity contribution in [3.63, 3.8) is 0 Å². The van der Waals surface area contributed by atoms with Crippen molar-refractivity contribution in [3.8, 4) is 0 Å². The second-order valence-electron chi connectivity index (χ2n) is 5.22. The zero-order chi connectivity index (χ0) is 14.7. The van der Waals surface area contributed by atoms with Crippen LogP contribution in [0.25, 0.3) is 10.9 Å². The van der Waals surface area contributed by atoms with Crippen molar-refractivity contribution in [2.45, 2.75) is 25.7 Å².